The number of halogens is 1. The molecule has 0 bridgehead atoms. The van der Waals surface area contributed by atoms with Crippen molar-refractivity contribution in [1.82, 2.24) is 4.98 Å². The van der Waals surface area contributed by atoms with Crippen molar-refractivity contribution < 1.29 is 13.9 Å². The molecule has 0 aliphatic carbocycles. The molecule has 0 fully saturated rings. The van der Waals surface area contributed by atoms with Crippen LogP contribution < -0.4 is 0 Å². The van der Waals surface area contributed by atoms with Crippen LogP contribution >= 0.6 is 11.8 Å². The largest absolute Gasteiger partial charge is 0.465 e. The van der Waals surface area contributed by atoms with E-state index >= 15 is 0 Å². The predicted octanol–water partition coefficient (Wildman–Crippen LogP) is 2.80. The molecule has 1 unspecified atom stereocenters. The number of rotatable bonds is 6. The van der Waals surface area contributed by atoms with Crippen molar-refractivity contribution in [1.29, 1.82) is 0 Å². The van der Waals surface area contributed by atoms with Crippen molar-refractivity contribution in [3.05, 3.63) is 29.8 Å². The number of ether oxygens (including phenoxy) is 1. The number of hydrogen-bond donors (Lipinski definition) is 0. The Bertz CT molecular complexity index is 373. The summed E-state index contributed by atoms with van der Waals surface area (Å²) in [6.45, 7) is 4.10. The van der Waals surface area contributed by atoms with E-state index in [0.29, 0.717) is 18.8 Å². The van der Waals surface area contributed by atoms with Gasteiger partial charge in [0.1, 0.15) is 11.1 Å². The lowest BCUT2D eigenvalue weighted by molar-refractivity contribution is -0.142. The van der Waals surface area contributed by atoms with E-state index in [0.717, 1.165) is 11.8 Å². The maximum Gasteiger partial charge on any atom is 0.319 e. The van der Waals surface area contributed by atoms with Crippen LogP contribution in [0.4, 0.5) is 4.39 Å². The van der Waals surface area contributed by atoms with E-state index in [1.807, 2.05) is 6.92 Å². The van der Waals surface area contributed by atoms with Crippen LogP contribution in [0.25, 0.3) is 0 Å². The highest BCUT2D eigenvalue weighted by Crippen LogP contribution is 2.21. The molecule has 0 N–H and O–H groups in total. The molecule has 0 aromatic carbocycles. The summed E-state index contributed by atoms with van der Waals surface area (Å²) in [5.74, 6) is -0.00104. The zero-order valence-corrected chi connectivity index (χ0v) is 10.8. The van der Waals surface area contributed by atoms with Crippen LogP contribution in [0.2, 0.25) is 0 Å². The molecule has 0 saturated heterocycles. The SMILES string of the molecule is CCOC(=O)C(CC)SCc1cncc(F)c1. The van der Waals surface area contributed by atoms with Crippen LogP contribution in [0.15, 0.2) is 18.5 Å². The lowest BCUT2D eigenvalue weighted by Crippen LogP contribution is -2.19. The van der Waals surface area contributed by atoms with Gasteiger partial charge in [-0.1, -0.05) is 6.92 Å². The fourth-order valence-electron chi connectivity index (χ4n) is 1.32. The number of nitrogens with zero attached hydrogens (tertiary/aromatic N) is 1. The van der Waals surface area contributed by atoms with E-state index < -0.39 is 0 Å². The van der Waals surface area contributed by atoms with Gasteiger partial charge in [-0.3, -0.25) is 9.78 Å². The van der Waals surface area contributed by atoms with Gasteiger partial charge >= 0.3 is 5.97 Å². The fourth-order valence-corrected chi connectivity index (χ4v) is 2.31. The van der Waals surface area contributed by atoms with E-state index in [2.05, 4.69) is 4.98 Å². The van der Waals surface area contributed by atoms with Gasteiger partial charge in [0, 0.05) is 11.9 Å². The minimum atomic E-state index is -0.354. The molecular weight excluding hydrogens is 241 g/mol. The Morgan fingerprint density at radius 1 is 1.53 bits per heavy atom. The van der Waals surface area contributed by atoms with Crippen LogP contribution in [0.1, 0.15) is 25.8 Å². The van der Waals surface area contributed by atoms with E-state index in [9.17, 15) is 9.18 Å². The average Bonchev–Trinajstić information content (AvgIpc) is 2.30. The molecular formula is C12H16FNO2S. The summed E-state index contributed by atoms with van der Waals surface area (Å²) >= 11 is 1.45. The van der Waals surface area contributed by atoms with Crippen LogP contribution in [-0.2, 0) is 15.3 Å². The van der Waals surface area contributed by atoms with Crippen molar-refractivity contribution in [3.63, 3.8) is 0 Å². The first kappa shape index (κ1) is 14.0. The Morgan fingerprint density at radius 3 is 2.88 bits per heavy atom. The zero-order valence-electron chi connectivity index (χ0n) is 9.98. The molecule has 17 heavy (non-hydrogen) atoms. The van der Waals surface area contributed by atoms with Gasteiger partial charge in [0.05, 0.1) is 12.8 Å². The number of carbonyl (C=O) groups excluding carboxylic acids is 1. The van der Waals surface area contributed by atoms with Crippen molar-refractivity contribution in [3.8, 4) is 0 Å². The lowest BCUT2D eigenvalue weighted by atomic mass is 10.3. The quantitative estimate of drug-likeness (QED) is 0.735. The fraction of sp³-hybridized carbons (Fsp3) is 0.500. The molecule has 94 valence electrons. The van der Waals surface area contributed by atoms with Crippen molar-refractivity contribution in [2.45, 2.75) is 31.3 Å². The number of thioether (sulfide) groups is 1. The van der Waals surface area contributed by atoms with Gasteiger partial charge in [-0.05, 0) is 25.0 Å². The predicted molar refractivity (Wildman–Crippen MR) is 66.2 cm³/mol. The van der Waals surface area contributed by atoms with Crippen LogP contribution in [0, 0.1) is 5.82 Å². The first-order chi connectivity index (χ1) is 8.17. The molecule has 5 heteroatoms. The van der Waals surface area contributed by atoms with Gasteiger partial charge in [0.2, 0.25) is 0 Å². The molecule has 1 atom stereocenters. The van der Waals surface area contributed by atoms with Gasteiger partial charge in [0.25, 0.3) is 0 Å². The number of pyridine rings is 1. The van der Waals surface area contributed by atoms with Crippen LogP contribution in [0.3, 0.4) is 0 Å². The molecule has 0 radical (unpaired) electrons. The van der Waals surface area contributed by atoms with Crippen LogP contribution in [-0.4, -0.2) is 22.8 Å². The summed E-state index contributed by atoms with van der Waals surface area (Å²) in [4.78, 5) is 15.3. The monoisotopic (exact) mass is 257 g/mol. The minimum Gasteiger partial charge on any atom is -0.465 e. The second-order valence-corrected chi connectivity index (χ2v) is 4.66. The molecule has 0 saturated carbocycles. The Hall–Kier alpha value is -1.10. The van der Waals surface area contributed by atoms with Gasteiger partial charge in [-0.15, -0.1) is 11.8 Å². The van der Waals surface area contributed by atoms with Gasteiger partial charge < -0.3 is 4.74 Å². The number of esters is 1. The third-order valence-electron chi connectivity index (χ3n) is 2.13. The highest BCUT2D eigenvalue weighted by molar-refractivity contribution is 7.99. The maximum absolute atomic E-state index is 12.9. The summed E-state index contributed by atoms with van der Waals surface area (Å²) in [6.07, 6.45) is 3.47. The Kier molecular flexibility index (Phi) is 5.97. The summed E-state index contributed by atoms with van der Waals surface area (Å²) < 4.78 is 17.8. The molecule has 1 aromatic heterocycles. The molecule has 1 rings (SSSR count). The van der Waals surface area contributed by atoms with Gasteiger partial charge in [-0.25, -0.2) is 4.39 Å². The molecule has 0 aliphatic rings. The summed E-state index contributed by atoms with van der Waals surface area (Å²) in [6, 6.07) is 1.43. The summed E-state index contributed by atoms with van der Waals surface area (Å²) in [7, 11) is 0. The van der Waals surface area contributed by atoms with E-state index in [1.54, 1.807) is 13.1 Å². The average molecular weight is 257 g/mol. The highest BCUT2D eigenvalue weighted by Gasteiger charge is 2.18. The Balaban J connectivity index is 2.50. The molecule has 0 aliphatic heterocycles. The van der Waals surface area contributed by atoms with E-state index in [-0.39, 0.29) is 17.0 Å². The van der Waals surface area contributed by atoms with Gasteiger partial charge in [-0.2, -0.15) is 0 Å². The maximum atomic E-state index is 12.9. The Morgan fingerprint density at radius 2 is 2.29 bits per heavy atom. The van der Waals surface area contributed by atoms with E-state index in [4.69, 9.17) is 4.74 Å². The first-order valence-corrected chi connectivity index (χ1v) is 6.59. The second-order valence-electron chi connectivity index (χ2n) is 3.47. The summed E-state index contributed by atoms with van der Waals surface area (Å²) in [5.41, 5.74) is 0.776. The molecule has 1 aromatic rings. The van der Waals surface area contributed by atoms with Crippen molar-refractivity contribution >= 4 is 17.7 Å². The number of hydrogen-bond acceptors (Lipinski definition) is 4. The normalized spacial score (nSPS) is 12.2. The molecule has 3 nitrogen and oxygen atoms in total. The minimum absolute atomic E-state index is 0.196. The topological polar surface area (TPSA) is 39.2 Å². The molecule has 1 heterocycles. The standard InChI is InChI=1S/C12H16FNO2S/c1-3-11(12(15)16-4-2)17-8-9-5-10(13)7-14-6-9/h5-7,11H,3-4,8H2,1-2H3. The van der Waals surface area contributed by atoms with E-state index in [1.165, 1.54) is 17.8 Å². The second kappa shape index (κ2) is 7.27. The third kappa shape index (κ3) is 4.73. The smallest absolute Gasteiger partial charge is 0.319 e. The van der Waals surface area contributed by atoms with Crippen molar-refractivity contribution in [2.24, 2.45) is 0 Å². The van der Waals surface area contributed by atoms with Crippen LogP contribution in [0.5, 0.6) is 0 Å². The Labute approximate surface area is 105 Å². The molecule has 0 amide bonds. The first-order valence-electron chi connectivity index (χ1n) is 5.55. The molecule has 0 spiro atoms. The summed E-state index contributed by atoms with van der Waals surface area (Å²) in [5, 5.41) is -0.196. The number of aromatic nitrogens is 1. The lowest BCUT2D eigenvalue weighted by Gasteiger charge is -2.12. The highest BCUT2D eigenvalue weighted by atomic mass is 32.2. The third-order valence-corrected chi connectivity index (χ3v) is 3.56. The zero-order chi connectivity index (χ0) is 12.7. The van der Waals surface area contributed by atoms with Crippen molar-refractivity contribution in [2.75, 3.05) is 6.61 Å². The van der Waals surface area contributed by atoms with Gasteiger partial charge in [0.15, 0.2) is 0 Å². The number of carbonyl (C=O) groups is 1.